The lowest BCUT2D eigenvalue weighted by molar-refractivity contribution is 0.888. The van der Waals surface area contributed by atoms with Crippen molar-refractivity contribution < 1.29 is 0 Å². The van der Waals surface area contributed by atoms with Gasteiger partial charge in [-0.2, -0.15) is 0 Å². The molecule has 0 atom stereocenters. The molecule has 114 valence electrons. The number of benzene rings is 2. The van der Waals surface area contributed by atoms with Gasteiger partial charge in [-0.15, -0.1) is 16.6 Å². The fourth-order valence-corrected chi connectivity index (χ4v) is 3.20. The van der Waals surface area contributed by atoms with Gasteiger partial charge in [-0.05, 0) is 24.3 Å². The van der Waals surface area contributed by atoms with Crippen LogP contribution in [0.25, 0.3) is 17.1 Å². The Bertz CT molecular complexity index is 884. The van der Waals surface area contributed by atoms with E-state index in [0.29, 0.717) is 26.8 Å². The first kappa shape index (κ1) is 15.9. The van der Waals surface area contributed by atoms with Gasteiger partial charge in [-0.25, -0.2) is 0 Å². The molecule has 3 aromatic rings. The number of halogens is 2. The van der Waals surface area contributed by atoms with Gasteiger partial charge in [0.05, 0.1) is 21.5 Å². The van der Waals surface area contributed by atoms with E-state index in [1.54, 1.807) is 0 Å². The van der Waals surface area contributed by atoms with E-state index in [2.05, 4.69) is 16.1 Å². The van der Waals surface area contributed by atoms with Crippen LogP contribution in [-0.4, -0.2) is 20.5 Å². The summed E-state index contributed by atoms with van der Waals surface area (Å²) in [4.78, 5) is 0. The Balaban J connectivity index is 2.22. The molecule has 0 aliphatic heterocycles. The van der Waals surface area contributed by atoms with E-state index in [-0.39, 0.29) is 0 Å². The molecule has 23 heavy (non-hydrogen) atoms. The van der Waals surface area contributed by atoms with Crippen molar-refractivity contribution in [3.8, 4) is 29.4 Å². The highest BCUT2D eigenvalue weighted by Gasteiger charge is 2.19. The minimum atomic E-state index is 0.491. The van der Waals surface area contributed by atoms with Gasteiger partial charge in [0, 0.05) is 5.56 Å². The number of para-hydroxylation sites is 1. The molecule has 3 nitrogen and oxygen atoms in total. The molecule has 0 spiro atoms. The highest BCUT2D eigenvalue weighted by atomic mass is 35.5. The summed E-state index contributed by atoms with van der Waals surface area (Å²) in [7, 11) is 0. The monoisotopic (exact) mass is 359 g/mol. The molecule has 0 saturated heterocycles. The molecule has 0 radical (unpaired) electrons. The third-order valence-corrected chi connectivity index (χ3v) is 4.61. The molecule has 2 aromatic carbocycles. The molecule has 0 saturated carbocycles. The maximum Gasteiger partial charge on any atom is 0.197 e. The van der Waals surface area contributed by atoms with Gasteiger partial charge in [0.25, 0.3) is 0 Å². The van der Waals surface area contributed by atoms with Crippen LogP contribution < -0.4 is 0 Å². The van der Waals surface area contributed by atoms with Crippen molar-refractivity contribution in [3.05, 3.63) is 58.6 Å². The average Bonchev–Trinajstić information content (AvgIpc) is 2.97. The number of nitrogens with zero attached hydrogens (tertiary/aromatic N) is 3. The van der Waals surface area contributed by atoms with Gasteiger partial charge in [0.2, 0.25) is 0 Å². The predicted octanol–water partition coefficient (Wildman–Crippen LogP) is 4.97. The van der Waals surface area contributed by atoms with Crippen LogP contribution in [0.4, 0.5) is 0 Å². The van der Waals surface area contributed by atoms with Crippen molar-refractivity contribution in [2.75, 3.05) is 5.75 Å². The van der Waals surface area contributed by atoms with Gasteiger partial charge in [0.1, 0.15) is 0 Å². The number of hydrogen-bond donors (Lipinski definition) is 0. The second kappa shape index (κ2) is 7.10. The van der Waals surface area contributed by atoms with Gasteiger partial charge < -0.3 is 0 Å². The summed E-state index contributed by atoms with van der Waals surface area (Å²) >= 11 is 14.1. The highest BCUT2D eigenvalue weighted by Crippen LogP contribution is 2.33. The topological polar surface area (TPSA) is 30.7 Å². The molecular weight excluding hydrogens is 349 g/mol. The summed E-state index contributed by atoms with van der Waals surface area (Å²) in [6, 6.07) is 15.0. The standard InChI is InChI=1S/C17H11Cl2N3S/c1-2-11-23-17-21-20-16(12-7-3-4-8-13(12)18)22(17)15-10-6-5-9-14(15)19/h1,3-10H,11H2. The zero-order chi connectivity index (χ0) is 16.2. The molecule has 6 heteroatoms. The molecule has 0 bridgehead atoms. The largest absolute Gasteiger partial charge is 0.268 e. The number of rotatable bonds is 4. The summed E-state index contributed by atoms with van der Waals surface area (Å²) < 4.78 is 1.88. The number of terminal acetylenes is 1. The average molecular weight is 360 g/mol. The van der Waals surface area contributed by atoms with Crippen LogP contribution in [0.2, 0.25) is 10.0 Å². The van der Waals surface area contributed by atoms with Crippen molar-refractivity contribution in [3.63, 3.8) is 0 Å². The van der Waals surface area contributed by atoms with E-state index in [9.17, 15) is 0 Å². The van der Waals surface area contributed by atoms with E-state index < -0.39 is 0 Å². The van der Waals surface area contributed by atoms with Gasteiger partial charge in [-0.1, -0.05) is 65.1 Å². The Hall–Kier alpha value is -1.93. The Morgan fingerprint density at radius 2 is 1.70 bits per heavy atom. The van der Waals surface area contributed by atoms with Crippen LogP contribution >= 0.6 is 35.0 Å². The Morgan fingerprint density at radius 1 is 1.00 bits per heavy atom. The predicted molar refractivity (Wildman–Crippen MR) is 96.4 cm³/mol. The fourth-order valence-electron chi connectivity index (χ4n) is 2.14. The van der Waals surface area contributed by atoms with E-state index in [1.165, 1.54) is 11.8 Å². The van der Waals surface area contributed by atoms with Crippen LogP contribution in [-0.2, 0) is 0 Å². The van der Waals surface area contributed by atoms with Crippen molar-refractivity contribution in [1.82, 2.24) is 14.8 Å². The molecule has 0 N–H and O–H groups in total. The normalized spacial score (nSPS) is 10.5. The van der Waals surface area contributed by atoms with E-state index in [1.807, 2.05) is 53.1 Å². The zero-order valence-corrected chi connectivity index (χ0v) is 14.2. The second-order valence-corrected chi connectivity index (χ2v) is 6.32. The van der Waals surface area contributed by atoms with Crippen LogP contribution in [0.15, 0.2) is 53.7 Å². The summed E-state index contributed by atoms with van der Waals surface area (Å²) in [5.74, 6) is 3.71. The lowest BCUT2D eigenvalue weighted by atomic mass is 10.2. The zero-order valence-electron chi connectivity index (χ0n) is 11.9. The summed E-state index contributed by atoms with van der Waals surface area (Å²) in [5.41, 5.74) is 1.57. The van der Waals surface area contributed by atoms with E-state index in [4.69, 9.17) is 29.6 Å². The van der Waals surface area contributed by atoms with Crippen LogP contribution in [0.5, 0.6) is 0 Å². The summed E-state index contributed by atoms with van der Waals surface area (Å²) in [5, 5.41) is 10.4. The number of hydrogen-bond acceptors (Lipinski definition) is 3. The second-order valence-electron chi connectivity index (χ2n) is 4.57. The maximum atomic E-state index is 6.36. The molecule has 0 fully saturated rings. The lowest BCUT2D eigenvalue weighted by Crippen LogP contribution is -2.01. The van der Waals surface area contributed by atoms with Crippen molar-refractivity contribution in [1.29, 1.82) is 0 Å². The molecule has 3 rings (SSSR count). The third kappa shape index (κ3) is 3.23. The molecule has 1 aromatic heterocycles. The first-order valence-electron chi connectivity index (χ1n) is 6.74. The van der Waals surface area contributed by atoms with E-state index in [0.717, 1.165) is 11.3 Å². The minimum absolute atomic E-state index is 0.491. The first-order valence-corrected chi connectivity index (χ1v) is 8.48. The van der Waals surface area contributed by atoms with Gasteiger partial charge >= 0.3 is 0 Å². The first-order chi connectivity index (χ1) is 11.2. The highest BCUT2D eigenvalue weighted by molar-refractivity contribution is 7.99. The third-order valence-electron chi connectivity index (χ3n) is 3.13. The molecule has 0 aliphatic rings. The van der Waals surface area contributed by atoms with Crippen molar-refractivity contribution in [2.45, 2.75) is 5.16 Å². The number of aromatic nitrogens is 3. The molecule has 1 heterocycles. The van der Waals surface area contributed by atoms with Crippen LogP contribution in [0, 0.1) is 12.3 Å². The Morgan fingerprint density at radius 3 is 2.39 bits per heavy atom. The summed E-state index contributed by atoms with van der Waals surface area (Å²) in [6.07, 6.45) is 5.36. The minimum Gasteiger partial charge on any atom is -0.268 e. The van der Waals surface area contributed by atoms with Crippen LogP contribution in [0.3, 0.4) is 0 Å². The SMILES string of the molecule is C#CCSc1nnc(-c2ccccc2Cl)n1-c1ccccc1Cl. The quantitative estimate of drug-likeness (QED) is 0.486. The molecule has 0 unspecified atom stereocenters. The van der Waals surface area contributed by atoms with Crippen molar-refractivity contribution >= 4 is 35.0 Å². The van der Waals surface area contributed by atoms with Gasteiger partial charge in [-0.3, -0.25) is 4.57 Å². The molecule has 0 amide bonds. The Kier molecular flexibility index (Phi) is 4.92. The van der Waals surface area contributed by atoms with E-state index >= 15 is 0 Å². The summed E-state index contributed by atoms with van der Waals surface area (Å²) in [6.45, 7) is 0. The fraction of sp³-hybridized carbons (Fsp3) is 0.0588. The smallest absolute Gasteiger partial charge is 0.197 e. The number of thioether (sulfide) groups is 1. The molecule has 0 aliphatic carbocycles. The lowest BCUT2D eigenvalue weighted by Gasteiger charge is -2.12. The van der Waals surface area contributed by atoms with Gasteiger partial charge in [0.15, 0.2) is 11.0 Å². The maximum absolute atomic E-state index is 6.36. The Labute approximate surface area is 148 Å². The molecular formula is C17H11Cl2N3S. The van der Waals surface area contributed by atoms with Crippen LogP contribution in [0.1, 0.15) is 0 Å². The van der Waals surface area contributed by atoms with Crippen molar-refractivity contribution in [2.24, 2.45) is 0 Å².